The van der Waals surface area contributed by atoms with Gasteiger partial charge in [0.05, 0.1) is 63.0 Å². The summed E-state index contributed by atoms with van der Waals surface area (Å²) in [6.45, 7) is 7.60. The first-order chi connectivity index (χ1) is 35.7. The molecule has 0 fully saturated rings. The monoisotopic (exact) mass is 1010 g/mol. The number of fused-ring (bicyclic) bond motifs is 3. The molecule has 0 radical (unpaired) electrons. The Balaban J connectivity index is 0.832. The molecule has 4 aromatic carbocycles. The van der Waals surface area contributed by atoms with Crippen molar-refractivity contribution in [3.63, 3.8) is 0 Å². The largest absolute Gasteiger partial charge is 0.493 e. The van der Waals surface area contributed by atoms with Crippen LogP contribution in [0.3, 0.4) is 0 Å². The van der Waals surface area contributed by atoms with Crippen molar-refractivity contribution < 1.29 is 47.7 Å². The number of nitrogens with one attached hydrogen (secondary N) is 5. The van der Waals surface area contributed by atoms with Crippen LogP contribution in [0.5, 0.6) is 11.5 Å². The number of carbonyl (C=O) groups is 6. The fourth-order valence-electron chi connectivity index (χ4n) is 8.42. The van der Waals surface area contributed by atoms with Crippen molar-refractivity contribution in [2.24, 2.45) is 23.7 Å². The minimum absolute atomic E-state index is 0.0656. The van der Waals surface area contributed by atoms with Crippen LogP contribution in [0.25, 0.3) is 11.1 Å². The van der Waals surface area contributed by atoms with Crippen LogP contribution in [-0.4, -0.2) is 116 Å². The third-order valence-electron chi connectivity index (χ3n) is 12.5. The molecule has 19 nitrogen and oxygen atoms in total. The summed E-state index contributed by atoms with van der Waals surface area (Å²) in [5.74, 6) is -0.965. The summed E-state index contributed by atoms with van der Waals surface area (Å²) in [6, 6.07) is 25.6. The Morgan fingerprint density at radius 1 is 0.743 bits per heavy atom. The summed E-state index contributed by atoms with van der Waals surface area (Å²) >= 11 is 0. The van der Waals surface area contributed by atoms with Gasteiger partial charge in [-0.05, 0) is 84.3 Å². The standard InChI is InChI=1S/C55H65N9O10/c1-34(2)51(62-50(66)20-23-72-25-26-73-24-21-56)54(69)58-35(3)52(67)59-41-16-12-36(13-17-41)37-14-18-42(19-15-37)60-53(68)40-28-48(63(4)32-40)61-49(65)11-8-22-74-47-30-45-44(29-46(47)71-5)55(70)64-33-39-10-7-6-9-38(39)27-43(64)31-57-45/h6-7,9-10,12-19,28-32,34-35,43,51H,8,11,20-27,33,56H2,1-5H3,(H,58,69)(H,59,67)(H,60,68)(H,61,65)(H,62,66)/t35-,43-,51-/m0/s1. The molecular weight excluding hydrogens is 947 g/mol. The van der Waals surface area contributed by atoms with Gasteiger partial charge in [0.2, 0.25) is 23.6 Å². The van der Waals surface area contributed by atoms with E-state index in [4.69, 9.17) is 24.7 Å². The lowest BCUT2D eigenvalue weighted by Gasteiger charge is -2.34. The van der Waals surface area contributed by atoms with Crippen LogP contribution in [0.2, 0.25) is 0 Å². The normalized spacial score (nSPS) is 14.4. The van der Waals surface area contributed by atoms with Crippen LogP contribution < -0.4 is 41.8 Å². The lowest BCUT2D eigenvalue weighted by molar-refractivity contribution is -0.132. The van der Waals surface area contributed by atoms with Gasteiger partial charge in [-0.15, -0.1) is 0 Å². The summed E-state index contributed by atoms with van der Waals surface area (Å²) in [6.07, 6.45) is 4.73. The van der Waals surface area contributed by atoms with Crippen LogP contribution in [0.1, 0.15) is 71.9 Å². The predicted octanol–water partition coefficient (Wildman–Crippen LogP) is 6.00. The summed E-state index contributed by atoms with van der Waals surface area (Å²) in [5, 5.41) is 14.0. The van der Waals surface area contributed by atoms with Crippen molar-refractivity contribution in [2.75, 3.05) is 62.6 Å². The van der Waals surface area contributed by atoms with Gasteiger partial charge in [0, 0.05) is 62.8 Å². The molecule has 0 aliphatic carbocycles. The second-order valence-electron chi connectivity index (χ2n) is 18.4. The lowest BCUT2D eigenvalue weighted by atomic mass is 9.94. The smallest absolute Gasteiger partial charge is 0.257 e. The first kappa shape index (κ1) is 53.9. The fraction of sp³-hybridized carbons (Fsp3) is 0.364. The molecule has 0 saturated heterocycles. The maximum Gasteiger partial charge on any atom is 0.257 e. The zero-order chi connectivity index (χ0) is 52.7. The number of anilines is 3. The number of nitrogens with two attached hydrogens (primary N) is 1. The first-order valence-electron chi connectivity index (χ1n) is 24.7. The van der Waals surface area contributed by atoms with E-state index >= 15 is 0 Å². The number of aliphatic imine (C=N–C) groups is 1. The zero-order valence-electron chi connectivity index (χ0n) is 42.4. The molecule has 7 rings (SSSR count). The Morgan fingerprint density at radius 2 is 1.42 bits per heavy atom. The first-order valence-corrected chi connectivity index (χ1v) is 24.7. The number of amides is 6. The minimum Gasteiger partial charge on any atom is -0.493 e. The van der Waals surface area contributed by atoms with Crippen LogP contribution in [-0.2, 0) is 48.7 Å². The Hall–Kier alpha value is -7.87. The fourth-order valence-corrected chi connectivity index (χ4v) is 8.42. The molecule has 1 aromatic heterocycles. The molecule has 0 saturated carbocycles. The van der Waals surface area contributed by atoms with Crippen LogP contribution >= 0.6 is 0 Å². The summed E-state index contributed by atoms with van der Waals surface area (Å²) < 4.78 is 24.0. The van der Waals surface area contributed by atoms with Crippen molar-refractivity contribution >= 4 is 64.5 Å². The Kier molecular flexibility index (Phi) is 18.7. The number of carbonyl (C=O) groups excluding carboxylic acids is 6. The second-order valence-corrected chi connectivity index (χ2v) is 18.4. The topological polar surface area (TPSA) is 246 Å². The molecule has 5 aromatic rings. The highest BCUT2D eigenvalue weighted by atomic mass is 16.5. The van der Waals surface area contributed by atoms with E-state index in [1.165, 1.54) is 12.7 Å². The van der Waals surface area contributed by atoms with E-state index < -0.39 is 23.9 Å². The Bertz CT molecular complexity index is 2830. The van der Waals surface area contributed by atoms with Crippen molar-refractivity contribution in [1.29, 1.82) is 0 Å². The molecular formula is C55H65N9O10. The number of benzene rings is 4. The SMILES string of the molecule is COc1cc2c(cc1OCCCC(=O)Nc1cc(C(=O)Nc3ccc(-c4ccc(NC(=O)[C@H](C)NC(=O)[C@@H](NC(=O)CCOCCOCCN)C(C)C)cc4)cc3)cn1C)N=C[C@@H]1Cc3ccccc3CN1C2=O. The zero-order valence-corrected chi connectivity index (χ0v) is 42.4. The van der Waals surface area contributed by atoms with Gasteiger partial charge in [0.1, 0.15) is 17.9 Å². The van der Waals surface area contributed by atoms with Gasteiger partial charge < -0.3 is 60.7 Å². The molecule has 74 heavy (non-hydrogen) atoms. The van der Waals surface area contributed by atoms with Gasteiger partial charge in [0.15, 0.2) is 11.5 Å². The lowest BCUT2D eigenvalue weighted by Crippen LogP contribution is -2.53. The highest BCUT2D eigenvalue weighted by Gasteiger charge is 2.33. The van der Waals surface area contributed by atoms with Crippen LogP contribution in [0.4, 0.5) is 22.9 Å². The molecule has 2 aliphatic heterocycles. The summed E-state index contributed by atoms with van der Waals surface area (Å²) in [7, 11) is 3.25. The molecule has 6 amide bonds. The molecule has 390 valence electrons. The van der Waals surface area contributed by atoms with Crippen molar-refractivity contribution in [3.8, 4) is 22.6 Å². The van der Waals surface area contributed by atoms with Crippen molar-refractivity contribution in [2.45, 2.75) is 71.1 Å². The number of aryl methyl sites for hydroxylation is 1. The van der Waals surface area contributed by atoms with Crippen molar-refractivity contribution in [1.82, 2.24) is 20.1 Å². The summed E-state index contributed by atoms with van der Waals surface area (Å²) in [5.41, 5.74) is 11.8. The molecule has 2 aliphatic rings. The molecule has 3 heterocycles. The van der Waals surface area contributed by atoms with E-state index in [1.54, 1.807) is 81.0 Å². The van der Waals surface area contributed by atoms with E-state index in [-0.39, 0.29) is 61.6 Å². The number of aromatic nitrogens is 1. The van der Waals surface area contributed by atoms with Gasteiger partial charge in [-0.3, -0.25) is 33.8 Å². The highest BCUT2D eigenvalue weighted by Crippen LogP contribution is 2.38. The van der Waals surface area contributed by atoms with E-state index in [1.807, 2.05) is 53.6 Å². The third-order valence-corrected chi connectivity index (χ3v) is 12.5. The quantitative estimate of drug-likeness (QED) is 0.0392. The number of methoxy groups -OCH3 is 1. The van der Waals surface area contributed by atoms with E-state index in [2.05, 4.69) is 37.6 Å². The number of hydrogen-bond acceptors (Lipinski definition) is 12. The molecule has 0 unspecified atom stereocenters. The number of ether oxygens (including phenoxy) is 4. The van der Waals surface area contributed by atoms with E-state index in [0.29, 0.717) is 91.3 Å². The second kappa shape index (κ2) is 25.7. The molecule has 0 spiro atoms. The summed E-state index contributed by atoms with van der Waals surface area (Å²) in [4.78, 5) is 85.3. The van der Waals surface area contributed by atoms with Gasteiger partial charge in [-0.25, -0.2) is 0 Å². The Labute approximate surface area is 430 Å². The molecule has 3 atom stereocenters. The maximum absolute atomic E-state index is 13.7. The number of hydrogen-bond donors (Lipinski definition) is 6. The van der Waals surface area contributed by atoms with E-state index in [0.717, 1.165) is 16.7 Å². The average molecular weight is 1010 g/mol. The van der Waals surface area contributed by atoms with Gasteiger partial charge in [0.25, 0.3) is 11.8 Å². The average Bonchev–Trinajstić information content (AvgIpc) is 3.71. The van der Waals surface area contributed by atoms with Gasteiger partial charge in [-0.2, -0.15) is 0 Å². The highest BCUT2D eigenvalue weighted by molar-refractivity contribution is 6.06. The van der Waals surface area contributed by atoms with Gasteiger partial charge >= 0.3 is 0 Å². The van der Waals surface area contributed by atoms with Crippen LogP contribution in [0, 0.1) is 5.92 Å². The predicted molar refractivity (Wildman–Crippen MR) is 282 cm³/mol. The van der Waals surface area contributed by atoms with E-state index in [9.17, 15) is 28.8 Å². The molecule has 0 bridgehead atoms. The molecule has 19 heteroatoms. The Morgan fingerprint density at radius 3 is 2.09 bits per heavy atom. The van der Waals surface area contributed by atoms with Crippen LogP contribution in [0.15, 0.2) is 102 Å². The maximum atomic E-state index is 13.7. The van der Waals surface area contributed by atoms with Crippen molar-refractivity contribution in [3.05, 3.63) is 119 Å². The minimum atomic E-state index is -0.892. The molecule has 7 N–H and O–H groups in total. The number of rotatable bonds is 24. The van der Waals surface area contributed by atoms with Gasteiger partial charge in [-0.1, -0.05) is 62.4 Å². The third kappa shape index (κ3) is 14.2. The number of nitrogens with zero attached hydrogens (tertiary/aromatic N) is 3.